The SMILES string of the molecule is Cc1cc(CC[C@@H]2CN(C(=O)Cc3nonc3C)CCO2)ncn1. The zero-order valence-electron chi connectivity index (χ0n) is 13.9. The minimum Gasteiger partial charge on any atom is -0.375 e. The maximum atomic E-state index is 12.4. The Hall–Kier alpha value is -2.35. The molecular weight excluding hydrogens is 310 g/mol. The lowest BCUT2D eigenvalue weighted by Crippen LogP contribution is -2.46. The highest BCUT2D eigenvalue weighted by atomic mass is 16.6. The van der Waals surface area contributed by atoms with E-state index in [2.05, 4.69) is 24.9 Å². The van der Waals surface area contributed by atoms with Gasteiger partial charge < -0.3 is 9.64 Å². The molecule has 0 saturated carbocycles. The summed E-state index contributed by atoms with van der Waals surface area (Å²) in [6, 6.07) is 1.98. The number of nitrogens with zero attached hydrogens (tertiary/aromatic N) is 5. The highest BCUT2D eigenvalue weighted by molar-refractivity contribution is 5.78. The molecule has 8 nitrogen and oxygen atoms in total. The quantitative estimate of drug-likeness (QED) is 0.802. The summed E-state index contributed by atoms with van der Waals surface area (Å²) in [7, 11) is 0. The van der Waals surface area contributed by atoms with Gasteiger partial charge in [0.25, 0.3) is 0 Å². The zero-order valence-corrected chi connectivity index (χ0v) is 13.9. The number of hydrogen-bond acceptors (Lipinski definition) is 7. The molecule has 1 fully saturated rings. The van der Waals surface area contributed by atoms with Gasteiger partial charge >= 0.3 is 0 Å². The molecular formula is C16H21N5O3. The first-order valence-corrected chi connectivity index (χ1v) is 8.07. The van der Waals surface area contributed by atoms with Crippen molar-refractivity contribution in [1.82, 2.24) is 25.2 Å². The lowest BCUT2D eigenvalue weighted by molar-refractivity contribution is -0.138. The van der Waals surface area contributed by atoms with Crippen LogP contribution in [0.2, 0.25) is 0 Å². The molecule has 0 radical (unpaired) electrons. The Balaban J connectivity index is 1.52. The van der Waals surface area contributed by atoms with Gasteiger partial charge in [0.15, 0.2) is 0 Å². The minimum absolute atomic E-state index is 0.0227. The van der Waals surface area contributed by atoms with Crippen LogP contribution in [0.25, 0.3) is 0 Å². The molecule has 0 unspecified atom stereocenters. The lowest BCUT2D eigenvalue weighted by atomic mass is 10.1. The van der Waals surface area contributed by atoms with Crippen LogP contribution >= 0.6 is 0 Å². The van der Waals surface area contributed by atoms with Crippen molar-refractivity contribution in [3.05, 3.63) is 35.2 Å². The van der Waals surface area contributed by atoms with Gasteiger partial charge in [0, 0.05) is 24.5 Å². The van der Waals surface area contributed by atoms with Crippen LogP contribution in [-0.2, 0) is 22.4 Å². The Labute approximate surface area is 140 Å². The van der Waals surface area contributed by atoms with Crippen molar-refractivity contribution in [2.45, 2.75) is 39.2 Å². The van der Waals surface area contributed by atoms with Crippen LogP contribution < -0.4 is 0 Å². The van der Waals surface area contributed by atoms with Crippen LogP contribution in [0, 0.1) is 13.8 Å². The fourth-order valence-electron chi connectivity index (χ4n) is 2.74. The second kappa shape index (κ2) is 7.48. The van der Waals surface area contributed by atoms with Crippen molar-refractivity contribution < 1.29 is 14.2 Å². The van der Waals surface area contributed by atoms with Crippen LogP contribution in [-0.4, -0.2) is 56.9 Å². The molecule has 128 valence electrons. The highest BCUT2D eigenvalue weighted by Gasteiger charge is 2.25. The Bertz CT molecular complexity index is 703. The molecule has 0 spiro atoms. The molecule has 1 aliphatic rings. The molecule has 0 N–H and O–H groups in total. The predicted octanol–water partition coefficient (Wildman–Crippen LogP) is 0.879. The number of ether oxygens (including phenoxy) is 1. The molecule has 1 amide bonds. The van der Waals surface area contributed by atoms with Crippen LogP contribution in [0.15, 0.2) is 17.0 Å². The number of aryl methyl sites for hydroxylation is 3. The van der Waals surface area contributed by atoms with Crippen molar-refractivity contribution in [2.75, 3.05) is 19.7 Å². The van der Waals surface area contributed by atoms with E-state index in [1.807, 2.05) is 17.9 Å². The molecule has 0 bridgehead atoms. The molecule has 8 heteroatoms. The topological polar surface area (TPSA) is 94.2 Å². The Morgan fingerprint density at radius 2 is 2.21 bits per heavy atom. The highest BCUT2D eigenvalue weighted by Crippen LogP contribution is 2.14. The molecule has 0 aliphatic carbocycles. The number of amides is 1. The van der Waals surface area contributed by atoms with Crippen molar-refractivity contribution in [3.8, 4) is 0 Å². The summed E-state index contributed by atoms with van der Waals surface area (Å²) in [5, 5.41) is 7.48. The minimum atomic E-state index is 0.0227. The predicted molar refractivity (Wildman–Crippen MR) is 84.1 cm³/mol. The van der Waals surface area contributed by atoms with Crippen molar-refractivity contribution >= 4 is 5.91 Å². The van der Waals surface area contributed by atoms with Crippen molar-refractivity contribution in [1.29, 1.82) is 0 Å². The normalized spacial score (nSPS) is 17.9. The van der Waals surface area contributed by atoms with Crippen molar-refractivity contribution in [2.24, 2.45) is 0 Å². The fraction of sp³-hybridized carbons (Fsp3) is 0.562. The Morgan fingerprint density at radius 3 is 2.96 bits per heavy atom. The summed E-state index contributed by atoms with van der Waals surface area (Å²) >= 11 is 0. The van der Waals surface area contributed by atoms with Crippen molar-refractivity contribution in [3.63, 3.8) is 0 Å². The Kier molecular flexibility index (Phi) is 5.14. The molecule has 3 rings (SSSR count). The van der Waals surface area contributed by atoms with E-state index in [0.717, 1.165) is 24.2 Å². The van der Waals surface area contributed by atoms with Gasteiger partial charge in [0.05, 0.1) is 19.1 Å². The van der Waals surface area contributed by atoms with Gasteiger partial charge in [-0.2, -0.15) is 0 Å². The summed E-state index contributed by atoms with van der Waals surface area (Å²) < 4.78 is 10.4. The van der Waals surface area contributed by atoms with Gasteiger partial charge in [0.1, 0.15) is 17.7 Å². The van der Waals surface area contributed by atoms with Gasteiger partial charge in [-0.3, -0.25) is 4.79 Å². The number of hydrogen-bond donors (Lipinski definition) is 0. The average molecular weight is 331 g/mol. The fourth-order valence-corrected chi connectivity index (χ4v) is 2.74. The molecule has 0 aromatic carbocycles. The van der Waals surface area contributed by atoms with E-state index in [1.165, 1.54) is 0 Å². The number of carbonyl (C=O) groups is 1. The third-order valence-corrected chi connectivity index (χ3v) is 4.14. The summed E-state index contributed by atoms with van der Waals surface area (Å²) in [6.45, 7) is 5.48. The molecule has 2 aromatic heterocycles. The summed E-state index contributed by atoms with van der Waals surface area (Å²) in [4.78, 5) is 22.6. The first kappa shape index (κ1) is 16.5. The second-order valence-electron chi connectivity index (χ2n) is 6.00. The van der Waals surface area contributed by atoms with Crippen LogP contribution in [0.4, 0.5) is 0 Å². The number of aromatic nitrogens is 4. The van der Waals surface area contributed by atoms with Gasteiger partial charge in [-0.25, -0.2) is 14.6 Å². The third kappa shape index (κ3) is 4.14. The van der Waals surface area contributed by atoms with Gasteiger partial charge in [-0.15, -0.1) is 0 Å². The van der Waals surface area contributed by atoms with Crippen LogP contribution in [0.1, 0.15) is 29.2 Å². The van der Waals surface area contributed by atoms with E-state index < -0.39 is 0 Å². The lowest BCUT2D eigenvalue weighted by Gasteiger charge is -2.33. The molecule has 24 heavy (non-hydrogen) atoms. The van der Waals surface area contributed by atoms with Gasteiger partial charge in [-0.05, 0) is 32.8 Å². The summed E-state index contributed by atoms with van der Waals surface area (Å²) in [6.07, 6.45) is 3.45. The van der Waals surface area contributed by atoms with Gasteiger partial charge in [-0.1, -0.05) is 10.3 Å². The summed E-state index contributed by atoms with van der Waals surface area (Å²) in [5.41, 5.74) is 3.21. The van der Waals surface area contributed by atoms with E-state index >= 15 is 0 Å². The summed E-state index contributed by atoms with van der Waals surface area (Å²) in [5.74, 6) is 0.0278. The van der Waals surface area contributed by atoms with Gasteiger partial charge in [0.2, 0.25) is 5.91 Å². The number of rotatable bonds is 5. The largest absolute Gasteiger partial charge is 0.375 e. The maximum Gasteiger partial charge on any atom is 0.228 e. The molecule has 1 saturated heterocycles. The first-order chi connectivity index (χ1) is 11.6. The molecule has 1 aliphatic heterocycles. The number of carbonyl (C=O) groups excluding carboxylic acids is 1. The smallest absolute Gasteiger partial charge is 0.228 e. The van der Waals surface area contributed by atoms with E-state index in [1.54, 1.807) is 13.3 Å². The average Bonchev–Trinajstić information content (AvgIpc) is 2.98. The zero-order chi connectivity index (χ0) is 16.9. The van der Waals surface area contributed by atoms with Crippen LogP contribution in [0.5, 0.6) is 0 Å². The number of morpholine rings is 1. The van der Waals surface area contributed by atoms with E-state index in [4.69, 9.17) is 4.74 Å². The van der Waals surface area contributed by atoms with E-state index in [-0.39, 0.29) is 18.4 Å². The standard InChI is InChI=1S/C16H21N5O3/c1-11-7-13(18-10-17-11)3-4-14-9-21(5-6-23-14)16(22)8-15-12(2)19-24-20-15/h7,10,14H,3-6,8-9H2,1-2H3/t14-/m1/s1. The molecule has 3 heterocycles. The van der Waals surface area contributed by atoms with E-state index in [9.17, 15) is 4.79 Å². The first-order valence-electron chi connectivity index (χ1n) is 8.07. The third-order valence-electron chi connectivity index (χ3n) is 4.14. The monoisotopic (exact) mass is 331 g/mol. The maximum absolute atomic E-state index is 12.4. The van der Waals surface area contributed by atoms with E-state index in [0.29, 0.717) is 31.1 Å². The second-order valence-corrected chi connectivity index (χ2v) is 6.00. The molecule has 1 atom stereocenters. The Morgan fingerprint density at radius 1 is 1.33 bits per heavy atom. The van der Waals surface area contributed by atoms with Crippen LogP contribution in [0.3, 0.4) is 0 Å². The molecule has 2 aromatic rings.